The molecular formula is C16H14N4O. The maximum Gasteiger partial charge on any atom is 0.156 e. The van der Waals surface area contributed by atoms with Crippen LogP contribution in [-0.4, -0.2) is 21.6 Å². The molecule has 3 heterocycles. The number of anilines is 1. The van der Waals surface area contributed by atoms with Crippen molar-refractivity contribution in [2.75, 3.05) is 11.9 Å². The van der Waals surface area contributed by atoms with Crippen LogP contribution in [0.4, 0.5) is 5.82 Å². The highest BCUT2D eigenvalue weighted by Gasteiger charge is 2.22. The molecule has 0 saturated heterocycles. The van der Waals surface area contributed by atoms with E-state index in [9.17, 15) is 0 Å². The van der Waals surface area contributed by atoms with Crippen LogP contribution in [0.15, 0.2) is 48.9 Å². The standard InChI is InChI=1S/C16H14N4O/c1-2-6-14-11(4-1)12(7-9-21-14)20-16-15-13(18-10-19-16)5-3-8-17-15/h1-6,8,10,12H,7,9H2,(H,18,19,20). The first kappa shape index (κ1) is 12.1. The number of hydrogen-bond donors (Lipinski definition) is 1. The third kappa shape index (κ3) is 2.16. The lowest BCUT2D eigenvalue weighted by Gasteiger charge is -2.27. The van der Waals surface area contributed by atoms with Gasteiger partial charge in [0.05, 0.1) is 18.2 Å². The Kier molecular flexibility index (Phi) is 2.88. The molecule has 1 atom stereocenters. The lowest BCUT2D eigenvalue weighted by molar-refractivity contribution is 0.274. The first-order valence-corrected chi connectivity index (χ1v) is 6.96. The fraction of sp³-hybridized carbons (Fsp3) is 0.188. The quantitative estimate of drug-likeness (QED) is 0.781. The van der Waals surface area contributed by atoms with Crippen LogP contribution in [-0.2, 0) is 0 Å². The molecule has 1 unspecified atom stereocenters. The number of ether oxygens (including phenoxy) is 1. The third-order valence-electron chi connectivity index (χ3n) is 3.66. The van der Waals surface area contributed by atoms with E-state index in [0.29, 0.717) is 6.61 Å². The molecule has 1 aromatic carbocycles. The van der Waals surface area contributed by atoms with Crippen LogP contribution in [0.1, 0.15) is 18.0 Å². The molecule has 0 amide bonds. The van der Waals surface area contributed by atoms with Crippen molar-refractivity contribution in [2.45, 2.75) is 12.5 Å². The van der Waals surface area contributed by atoms with Crippen molar-refractivity contribution < 1.29 is 4.74 Å². The molecule has 5 nitrogen and oxygen atoms in total. The van der Waals surface area contributed by atoms with Gasteiger partial charge in [0.2, 0.25) is 0 Å². The van der Waals surface area contributed by atoms with Crippen LogP contribution in [0.2, 0.25) is 0 Å². The van der Waals surface area contributed by atoms with Gasteiger partial charge in [0.1, 0.15) is 17.6 Å². The van der Waals surface area contributed by atoms with Crippen LogP contribution in [0, 0.1) is 0 Å². The van der Waals surface area contributed by atoms with Gasteiger partial charge in [-0.1, -0.05) is 18.2 Å². The summed E-state index contributed by atoms with van der Waals surface area (Å²) in [5, 5.41) is 3.49. The Morgan fingerprint density at radius 3 is 3.00 bits per heavy atom. The maximum atomic E-state index is 5.69. The van der Waals surface area contributed by atoms with Crippen LogP contribution in [0.5, 0.6) is 5.75 Å². The van der Waals surface area contributed by atoms with Crippen LogP contribution >= 0.6 is 0 Å². The average Bonchev–Trinajstić information content (AvgIpc) is 2.56. The van der Waals surface area contributed by atoms with E-state index in [1.165, 1.54) is 0 Å². The van der Waals surface area contributed by atoms with Gasteiger partial charge in [-0.2, -0.15) is 0 Å². The summed E-state index contributed by atoms with van der Waals surface area (Å²) in [5.74, 6) is 1.70. The highest BCUT2D eigenvalue weighted by Crippen LogP contribution is 2.34. The lowest BCUT2D eigenvalue weighted by atomic mass is 10.0. The van der Waals surface area contributed by atoms with Gasteiger partial charge in [-0.3, -0.25) is 4.98 Å². The maximum absolute atomic E-state index is 5.69. The second-order valence-electron chi connectivity index (χ2n) is 4.97. The molecular weight excluding hydrogens is 264 g/mol. The van der Waals surface area contributed by atoms with Gasteiger partial charge in [-0.15, -0.1) is 0 Å². The van der Waals surface area contributed by atoms with Gasteiger partial charge in [0.25, 0.3) is 0 Å². The van der Waals surface area contributed by atoms with Gasteiger partial charge in [-0.25, -0.2) is 9.97 Å². The Morgan fingerprint density at radius 2 is 2.00 bits per heavy atom. The number of aromatic nitrogens is 3. The summed E-state index contributed by atoms with van der Waals surface area (Å²) in [5.41, 5.74) is 2.80. The Morgan fingerprint density at radius 1 is 1.05 bits per heavy atom. The highest BCUT2D eigenvalue weighted by molar-refractivity contribution is 5.84. The van der Waals surface area contributed by atoms with Crippen molar-refractivity contribution in [3.05, 3.63) is 54.5 Å². The molecule has 0 bridgehead atoms. The average molecular weight is 278 g/mol. The summed E-state index contributed by atoms with van der Waals surface area (Å²) in [7, 11) is 0. The molecule has 1 aliphatic heterocycles. The smallest absolute Gasteiger partial charge is 0.156 e. The van der Waals surface area contributed by atoms with Gasteiger partial charge < -0.3 is 10.1 Å². The summed E-state index contributed by atoms with van der Waals surface area (Å²) in [6, 6.07) is 12.1. The SMILES string of the molecule is c1ccc2c(c1)OCCC2Nc1ncnc2cccnc12. The molecule has 0 radical (unpaired) electrons. The summed E-state index contributed by atoms with van der Waals surface area (Å²) in [4.78, 5) is 13.0. The van der Waals surface area contributed by atoms with Crippen molar-refractivity contribution in [1.82, 2.24) is 15.0 Å². The van der Waals surface area contributed by atoms with Crippen molar-refractivity contribution in [1.29, 1.82) is 0 Å². The summed E-state index contributed by atoms with van der Waals surface area (Å²) >= 11 is 0. The van der Waals surface area contributed by atoms with Gasteiger partial charge >= 0.3 is 0 Å². The molecule has 0 spiro atoms. The predicted octanol–water partition coefficient (Wildman–Crippen LogP) is 2.96. The van der Waals surface area contributed by atoms with E-state index >= 15 is 0 Å². The van der Waals surface area contributed by atoms with Crippen LogP contribution < -0.4 is 10.1 Å². The summed E-state index contributed by atoms with van der Waals surface area (Å²) in [6.07, 6.45) is 4.22. The number of para-hydroxylation sites is 1. The molecule has 1 aliphatic rings. The predicted molar refractivity (Wildman–Crippen MR) is 80.3 cm³/mol. The van der Waals surface area contributed by atoms with Crippen molar-refractivity contribution in [3.8, 4) is 5.75 Å². The van der Waals surface area contributed by atoms with Gasteiger partial charge in [-0.05, 0) is 18.2 Å². The zero-order chi connectivity index (χ0) is 14.1. The largest absolute Gasteiger partial charge is 0.493 e. The highest BCUT2D eigenvalue weighted by atomic mass is 16.5. The molecule has 1 N–H and O–H groups in total. The van der Waals surface area contributed by atoms with E-state index in [1.807, 2.05) is 30.3 Å². The Balaban J connectivity index is 1.73. The van der Waals surface area contributed by atoms with Gasteiger partial charge in [0.15, 0.2) is 5.82 Å². The normalized spacial score (nSPS) is 17.0. The van der Waals surface area contributed by atoms with E-state index in [4.69, 9.17) is 4.74 Å². The minimum Gasteiger partial charge on any atom is -0.493 e. The first-order valence-electron chi connectivity index (χ1n) is 6.96. The number of hydrogen-bond acceptors (Lipinski definition) is 5. The number of rotatable bonds is 2. The molecule has 4 rings (SSSR count). The van der Waals surface area contributed by atoms with Crippen molar-refractivity contribution >= 4 is 16.9 Å². The van der Waals surface area contributed by atoms with Crippen molar-refractivity contribution in [2.24, 2.45) is 0 Å². The van der Waals surface area contributed by atoms with E-state index < -0.39 is 0 Å². The second kappa shape index (κ2) is 5.01. The minimum atomic E-state index is 0.176. The molecule has 0 saturated carbocycles. The number of nitrogens with one attached hydrogen (secondary N) is 1. The molecule has 2 aromatic heterocycles. The summed E-state index contributed by atoms with van der Waals surface area (Å²) < 4.78 is 5.69. The Labute approximate surface area is 122 Å². The fourth-order valence-electron chi connectivity index (χ4n) is 2.66. The monoisotopic (exact) mass is 278 g/mol. The third-order valence-corrected chi connectivity index (χ3v) is 3.66. The fourth-order valence-corrected chi connectivity index (χ4v) is 2.66. The molecule has 5 heteroatoms. The van der Waals surface area contributed by atoms with E-state index in [-0.39, 0.29) is 6.04 Å². The van der Waals surface area contributed by atoms with E-state index in [0.717, 1.165) is 34.6 Å². The summed E-state index contributed by atoms with van der Waals surface area (Å²) in [6.45, 7) is 0.700. The second-order valence-corrected chi connectivity index (χ2v) is 4.97. The van der Waals surface area contributed by atoms with Crippen LogP contribution in [0.25, 0.3) is 11.0 Å². The lowest BCUT2D eigenvalue weighted by Crippen LogP contribution is -2.21. The number of nitrogens with zero attached hydrogens (tertiary/aromatic N) is 3. The van der Waals surface area contributed by atoms with Gasteiger partial charge in [0, 0.05) is 18.2 Å². The Bertz CT molecular complexity index is 785. The van der Waals surface area contributed by atoms with Crippen LogP contribution in [0.3, 0.4) is 0 Å². The zero-order valence-electron chi connectivity index (χ0n) is 11.4. The van der Waals surface area contributed by atoms with E-state index in [1.54, 1.807) is 12.5 Å². The first-order chi connectivity index (χ1) is 10.4. The number of fused-ring (bicyclic) bond motifs is 2. The van der Waals surface area contributed by atoms with E-state index in [2.05, 4.69) is 26.3 Å². The molecule has 0 aliphatic carbocycles. The minimum absolute atomic E-state index is 0.176. The molecule has 21 heavy (non-hydrogen) atoms. The topological polar surface area (TPSA) is 59.9 Å². The number of benzene rings is 1. The van der Waals surface area contributed by atoms with Crippen molar-refractivity contribution in [3.63, 3.8) is 0 Å². The zero-order valence-corrected chi connectivity index (χ0v) is 11.4. The number of pyridine rings is 1. The molecule has 0 fully saturated rings. The molecule has 3 aromatic rings. The Hall–Kier alpha value is -2.69. The molecule has 104 valence electrons.